The van der Waals surface area contributed by atoms with E-state index in [9.17, 15) is 9.59 Å². The van der Waals surface area contributed by atoms with E-state index in [2.05, 4.69) is 20.8 Å². The van der Waals surface area contributed by atoms with Gasteiger partial charge in [-0.2, -0.15) is 0 Å². The van der Waals surface area contributed by atoms with Gasteiger partial charge in [0.2, 0.25) is 11.8 Å². The average Bonchev–Trinajstić information content (AvgIpc) is 3.33. The molecule has 7 nitrogen and oxygen atoms in total. The molecule has 0 radical (unpaired) electrons. The lowest BCUT2D eigenvalue weighted by Gasteiger charge is -2.10. The highest BCUT2D eigenvalue weighted by molar-refractivity contribution is 7.99. The van der Waals surface area contributed by atoms with Crippen LogP contribution in [0.3, 0.4) is 0 Å². The van der Waals surface area contributed by atoms with E-state index in [1.165, 1.54) is 11.8 Å². The molecule has 0 spiro atoms. The molecule has 1 aromatic heterocycles. The number of anilines is 1. The molecule has 1 heterocycles. The second-order valence-corrected chi connectivity index (χ2v) is 7.13. The summed E-state index contributed by atoms with van der Waals surface area (Å²) in [4.78, 5) is 23.9. The lowest BCUT2D eigenvalue weighted by Crippen LogP contribution is -2.34. The van der Waals surface area contributed by atoms with Crippen LogP contribution in [0.5, 0.6) is 0 Å². The Morgan fingerprint density at radius 3 is 2.92 bits per heavy atom. The lowest BCUT2D eigenvalue weighted by atomic mass is 10.2. The third-order valence-corrected chi connectivity index (χ3v) is 5.17. The molecular weight excluding hydrogens is 362 g/mol. The van der Waals surface area contributed by atoms with E-state index < -0.39 is 0 Å². The molecule has 2 aromatic rings. The first-order valence-electron chi connectivity index (χ1n) is 7.88. The van der Waals surface area contributed by atoms with Crippen LogP contribution >= 0.6 is 23.4 Å². The number of hydrogen-bond donors (Lipinski definition) is 2. The Morgan fingerprint density at radius 1 is 1.36 bits per heavy atom. The minimum Gasteiger partial charge on any atom is -0.346 e. The van der Waals surface area contributed by atoms with Crippen molar-refractivity contribution in [2.75, 3.05) is 17.6 Å². The van der Waals surface area contributed by atoms with E-state index in [1.54, 1.807) is 24.5 Å². The van der Waals surface area contributed by atoms with Crippen molar-refractivity contribution in [1.82, 2.24) is 20.1 Å². The van der Waals surface area contributed by atoms with Gasteiger partial charge in [0, 0.05) is 16.8 Å². The third kappa shape index (κ3) is 4.73. The van der Waals surface area contributed by atoms with Crippen molar-refractivity contribution in [3.05, 3.63) is 35.1 Å². The summed E-state index contributed by atoms with van der Waals surface area (Å²) in [6, 6.07) is 5.75. The van der Waals surface area contributed by atoms with Crippen molar-refractivity contribution in [2.45, 2.75) is 31.0 Å². The Bertz CT molecular complexity index is 791. The smallest absolute Gasteiger partial charge is 0.243 e. The Morgan fingerprint density at radius 2 is 2.16 bits per heavy atom. The SMILES string of the molecule is Cc1c(Cl)cccc1NC(=O)CNC(=O)CSc1nncn1C1CC1. The van der Waals surface area contributed by atoms with E-state index in [0.29, 0.717) is 16.8 Å². The second kappa shape index (κ2) is 7.88. The molecule has 2 amide bonds. The molecule has 0 aliphatic heterocycles. The number of amides is 2. The molecule has 0 bridgehead atoms. The van der Waals surface area contributed by atoms with Gasteiger partial charge in [-0.3, -0.25) is 9.59 Å². The van der Waals surface area contributed by atoms with Gasteiger partial charge in [0.15, 0.2) is 5.16 Å². The predicted octanol–water partition coefficient (Wildman–Crippen LogP) is 2.42. The first-order valence-corrected chi connectivity index (χ1v) is 9.25. The van der Waals surface area contributed by atoms with Crippen LogP contribution in [0.1, 0.15) is 24.4 Å². The van der Waals surface area contributed by atoms with Crippen molar-refractivity contribution in [3.63, 3.8) is 0 Å². The van der Waals surface area contributed by atoms with Gasteiger partial charge in [-0.15, -0.1) is 10.2 Å². The topological polar surface area (TPSA) is 88.9 Å². The zero-order chi connectivity index (χ0) is 17.8. The van der Waals surface area contributed by atoms with Crippen molar-refractivity contribution in [3.8, 4) is 0 Å². The molecule has 1 fully saturated rings. The van der Waals surface area contributed by atoms with E-state index in [0.717, 1.165) is 23.6 Å². The Hall–Kier alpha value is -2.06. The van der Waals surface area contributed by atoms with Crippen LogP contribution in [0.25, 0.3) is 0 Å². The highest BCUT2D eigenvalue weighted by Crippen LogP contribution is 2.37. The van der Waals surface area contributed by atoms with Crippen LogP contribution in [0, 0.1) is 6.92 Å². The second-order valence-electron chi connectivity index (χ2n) is 5.78. The minimum atomic E-state index is -0.301. The molecule has 1 saturated carbocycles. The van der Waals surface area contributed by atoms with Gasteiger partial charge in [0.1, 0.15) is 6.33 Å². The first kappa shape index (κ1) is 17.8. The van der Waals surface area contributed by atoms with Gasteiger partial charge in [0.05, 0.1) is 12.3 Å². The number of aromatic nitrogens is 3. The first-order chi connectivity index (χ1) is 12.0. The maximum absolute atomic E-state index is 12.0. The van der Waals surface area contributed by atoms with E-state index >= 15 is 0 Å². The fraction of sp³-hybridized carbons (Fsp3) is 0.375. The fourth-order valence-corrected chi connectivity index (χ4v) is 3.22. The van der Waals surface area contributed by atoms with Crippen LogP contribution in [-0.4, -0.2) is 38.9 Å². The Balaban J connectivity index is 1.43. The summed E-state index contributed by atoms with van der Waals surface area (Å²) in [6.45, 7) is 1.73. The maximum Gasteiger partial charge on any atom is 0.243 e. The number of benzene rings is 1. The molecule has 1 aromatic carbocycles. The molecular formula is C16H18ClN5O2S. The Labute approximate surface area is 154 Å². The van der Waals surface area contributed by atoms with Crippen molar-refractivity contribution < 1.29 is 9.59 Å². The maximum atomic E-state index is 12.0. The summed E-state index contributed by atoms with van der Waals surface area (Å²) in [5, 5.41) is 14.6. The molecule has 25 heavy (non-hydrogen) atoms. The number of nitrogens with one attached hydrogen (secondary N) is 2. The molecule has 0 saturated heterocycles. The molecule has 9 heteroatoms. The zero-order valence-electron chi connectivity index (χ0n) is 13.7. The van der Waals surface area contributed by atoms with Crippen molar-refractivity contribution >= 4 is 40.9 Å². The fourth-order valence-electron chi connectivity index (χ4n) is 2.24. The number of carbonyl (C=O) groups excluding carboxylic acids is 2. The van der Waals surface area contributed by atoms with Crippen LogP contribution in [-0.2, 0) is 9.59 Å². The largest absolute Gasteiger partial charge is 0.346 e. The molecule has 3 rings (SSSR count). The molecule has 1 aliphatic carbocycles. The van der Waals surface area contributed by atoms with Gasteiger partial charge in [-0.1, -0.05) is 29.4 Å². The van der Waals surface area contributed by atoms with Crippen LogP contribution in [0.4, 0.5) is 5.69 Å². The average molecular weight is 380 g/mol. The minimum absolute atomic E-state index is 0.0966. The third-order valence-electron chi connectivity index (χ3n) is 3.80. The van der Waals surface area contributed by atoms with Crippen LogP contribution in [0.2, 0.25) is 5.02 Å². The highest BCUT2D eigenvalue weighted by atomic mass is 35.5. The summed E-state index contributed by atoms with van der Waals surface area (Å²) in [5.41, 5.74) is 1.43. The number of halogens is 1. The van der Waals surface area contributed by atoms with Gasteiger partial charge in [-0.25, -0.2) is 0 Å². The summed E-state index contributed by atoms with van der Waals surface area (Å²) >= 11 is 7.34. The number of hydrogen-bond acceptors (Lipinski definition) is 5. The molecule has 0 atom stereocenters. The monoisotopic (exact) mass is 379 g/mol. The van der Waals surface area contributed by atoms with Crippen LogP contribution < -0.4 is 10.6 Å². The molecule has 2 N–H and O–H groups in total. The summed E-state index contributed by atoms with van der Waals surface area (Å²) in [6.07, 6.45) is 3.94. The van der Waals surface area contributed by atoms with E-state index in [-0.39, 0.29) is 24.1 Å². The van der Waals surface area contributed by atoms with Gasteiger partial charge in [0.25, 0.3) is 0 Å². The number of carbonyl (C=O) groups is 2. The lowest BCUT2D eigenvalue weighted by molar-refractivity contribution is -0.122. The summed E-state index contributed by atoms with van der Waals surface area (Å²) in [7, 11) is 0. The number of rotatable bonds is 7. The molecule has 0 unspecified atom stereocenters. The quantitative estimate of drug-likeness (QED) is 0.721. The Kier molecular flexibility index (Phi) is 5.60. The summed E-state index contributed by atoms with van der Waals surface area (Å²) < 4.78 is 1.99. The summed E-state index contributed by atoms with van der Waals surface area (Å²) in [5.74, 6) is -0.340. The zero-order valence-corrected chi connectivity index (χ0v) is 15.2. The van der Waals surface area contributed by atoms with Gasteiger partial charge < -0.3 is 15.2 Å². The van der Waals surface area contributed by atoms with Gasteiger partial charge >= 0.3 is 0 Å². The molecule has 132 valence electrons. The standard InChI is InChI=1S/C16H18ClN5O2S/c1-10-12(17)3-2-4-13(10)20-14(23)7-18-15(24)8-25-16-21-19-9-22(16)11-5-6-11/h2-4,9,11H,5-8H2,1H3,(H,18,24)(H,20,23). The van der Waals surface area contributed by atoms with Crippen molar-refractivity contribution in [2.24, 2.45) is 0 Å². The number of nitrogens with zero attached hydrogens (tertiary/aromatic N) is 3. The normalized spacial score (nSPS) is 13.5. The van der Waals surface area contributed by atoms with E-state index in [1.807, 2.05) is 11.5 Å². The van der Waals surface area contributed by atoms with Crippen LogP contribution in [0.15, 0.2) is 29.7 Å². The van der Waals surface area contributed by atoms with Gasteiger partial charge in [-0.05, 0) is 37.5 Å². The highest BCUT2D eigenvalue weighted by Gasteiger charge is 2.26. The molecule has 1 aliphatic rings. The van der Waals surface area contributed by atoms with E-state index in [4.69, 9.17) is 11.6 Å². The predicted molar refractivity (Wildman–Crippen MR) is 96.8 cm³/mol. The van der Waals surface area contributed by atoms with Crippen molar-refractivity contribution in [1.29, 1.82) is 0 Å². The number of thioether (sulfide) groups is 1.